The lowest BCUT2D eigenvalue weighted by Gasteiger charge is -2.34. The Morgan fingerprint density at radius 1 is 1.36 bits per heavy atom. The number of halogens is 1. The highest BCUT2D eigenvalue weighted by Gasteiger charge is 2.20. The van der Waals surface area contributed by atoms with Crippen LogP contribution in [0.3, 0.4) is 0 Å². The maximum Gasteiger partial charge on any atom is 0.244 e. The molecule has 3 nitrogen and oxygen atoms in total. The number of likely N-dealkylation sites (tertiary alicyclic amines) is 1. The van der Waals surface area contributed by atoms with Crippen LogP contribution >= 0.6 is 11.6 Å². The van der Waals surface area contributed by atoms with Crippen molar-refractivity contribution < 1.29 is 4.79 Å². The minimum atomic E-state index is -0.0498. The van der Waals surface area contributed by atoms with Gasteiger partial charge in [-0.15, -0.1) is 0 Å². The number of carbonyl (C=O) groups is 1. The minimum Gasteiger partial charge on any atom is -0.352 e. The van der Waals surface area contributed by atoms with Crippen LogP contribution in [0.2, 0.25) is 5.02 Å². The number of benzene rings is 1. The van der Waals surface area contributed by atoms with Crippen LogP contribution in [0.1, 0.15) is 32.3 Å². The Morgan fingerprint density at radius 3 is 2.68 bits per heavy atom. The van der Waals surface area contributed by atoms with E-state index in [1.54, 1.807) is 12.2 Å². The third-order valence-electron chi connectivity index (χ3n) is 4.26. The number of piperidine rings is 1. The van der Waals surface area contributed by atoms with Gasteiger partial charge in [-0.05, 0) is 63.4 Å². The molecule has 0 saturated carbocycles. The van der Waals surface area contributed by atoms with Crippen molar-refractivity contribution in [1.82, 2.24) is 10.2 Å². The first-order chi connectivity index (χ1) is 10.6. The number of hydrogen-bond acceptors (Lipinski definition) is 2. The highest BCUT2D eigenvalue weighted by Crippen LogP contribution is 2.18. The molecule has 0 radical (unpaired) electrons. The summed E-state index contributed by atoms with van der Waals surface area (Å²) < 4.78 is 0. The number of hydrogen-bond donors (Lipinski definition) is 1. The largest absolute Gasteiger partial charge is 0.352 e. The number of carbonyl (C=O) groups excluding carboxylic acids is 1. The van der Waals surface area contributed by atoms with E-state index in [0.29, 0.717) is 17.0 Å². The van der Waals surface area contributed by atoms with Gasteiger partial charge in [0, 0.05) is 23.7 Å². The lowest BCUT2D eigenvalue weighted by atomic mass is 9.96. The van der Waals surface area contributed by atoms with Crippen LogP contribution in [-0.2, 0) is 4.79 Å². The molecule has 1 aromatic carbocycles. The first-order valence-corrected chi connectivity index (χ1v) is 8.38. The number of rotatable bonds is 5. The van der Waals surface area contributed by atoms with Gasteiger partial charge in [-0.1, -0.05) is 29.8 Å². The zero-order valence-electron chi connectivity index (χ0n) is 13.4. The Balaban J connectivity index is 1.74. The molecule has 1 aliphatic heterocycles. The van der Waals surface area contributed by atoms with Crippen LogP contribution < -0.4 is 5.32 Å². The van der Waals surface area contributed by atoms with E-state index in [1.807, 2.05) is 24.3 Å². The second-order valence-electron chi connectivity index (χ2n) is 6.17. The summed E-state index contributed by atoms with van der Waals surface area (Å²) in [6.45, 7) is 7.50. The molecule has 0 bridgehead atoms. The van der Waals surface area contributed by atoms with Crippen molar-refractivity contribution in [3.63, 3.8) is 0 Å². The molecule has 22 heavy (non-hydrogen) atoms. The topological polar surface area (TPSA) is 32.3 Å². The van der Waals surface area contributed by atoms with Gasteiger partial charge in [-0.25, -0.2) is 0 Å². The highest BCUT2D eigenvalue weighted by molar-refractivity contribution is 6.32. The number of amides is 1. The van der Waals surface area contributed by atoms with Crippen LogP contribution in [0, 0.1) is 5.92 Å². The molecule has 1 amide bonds. The van der Waals surface area contributed by atoms with E-state index in [4.69, 9.17) is 11.6 Å². The molecule has 0 atom stereocenters. The first-order valence-electron chi connectivity index (χ1n) is 8.00. The van der Waals surface area contributed by atoms with Gasteiger partial charge in [-0.3, -0.25) is 4.79 Å². The third kappa shape index (κ3) is 5.15. The summed E-state index contributed by atoms with van der Waals surface area (Å²) in [5.41, 5.74) is 0.865. The van der Waals surface area contributed by atoms with Gasteiger partial charge < -0.3 is 10.2 Å². The molecule has 1 aromatic rings. The smallest absolute Gasteiger partial charge is 0.244 e. The van der Waals surface area contributed by atoms with E-state index >= 15 is 0 Å². The second-order valence-corrected chi connectivity index (χ2v) is 6.58. The predicted octanol–water partition coefficient (Wildman–Crippen LogP) is 3.59. The average Bonchev–Trinajstić information content (AvgIpc) is 2.52. The van der Waals surface area contributed by atoms with Crippen LogP contribution in [-0.4, -0.2) is 36.5 Å². The van der Waals surface area contributed by atoms with Crippen molar-refractivity contribution in [2.45, 2.75) is 32.7 Å². The Bertz CT molecular complexity index is 520. The summed E-state index contributed by atoms with van der Waals surface area (Å²) in [4.78, 5) is 14.4. The first kappa shape index (κ1) is 17.0. The van der Waals surface area contributed by atoms with E-state index in [1.165, 1.54) is 0 Å². The van der Waals surface area contributed by atoms with E-state index in [9.17, 15) is 4.79 Å². The van der Waals surface area contributed by atoms with Crippen molar-refractivity contribution in [1.29, 1.82) is 0 Å². The molecule has 0 aliphatic carbocycles. The van der Waals surface area contributed by atoms with Gasteiger partial charge in [0.2, 0.25) is 5.91 Å². The molecule has 0 aromatic heterocycles. The molecule has 1 fully saturated rings. The Kier molecular flexibility index (Phi) is 6.47. The van der Waals surface area contributed by atoms with Gasteiger partial charge in [-0.2, -0.15) is 0 Å². The van der Waals surface area contributed by atoms with Gasteiger partial charge in [0.1, 0.15) is 0 Å². The van der Waals surface area contributed by atoms with Crippen molar-refractivity contribution >= 4 is 23.6 Å². The maximum absolute atomic E-state index is 11.9. The lowest BCUT2D eigenvalue weighted by molar-refractivity contribution is -0.116. The molecule has 2 rings (SSSR count). The molecular weight excluding hydrogens is 296 g/mol. The van der Waals surface area contributed by atoms with Crippen LogP contribution in [0.5, 0.6) is 0 Å². The van der Waals surface area contributed by atoms with Crippen molar-refractivity contribution in [3.8, 4) is 0 Å². The molecule has 4 heteroatoms. The molecule has 1 N–H and O–H groups in total. The number of nitrogens with one attached hydrogen (secondary N) is 1. The predicted molar refractivity (Wildman–Crippen MR) is 92.9 cm³/mol. The third-order valence-corrected chi connectivity index (χ3v) is 4.61. The Morgan fingerprint density at radius 2 is 2.05 bits per heavy atom. The van der Waals surface area contributed by atoms with Gasteiger partial charge >= 0.3 is 0 Å². The van der Waals surface area contributed by atoms with Crippen LogP contribution in [0.15, 0.2) is 30.3 Å². The molecular formula is C18H25ClN2O. The van der Waals surface area contributed by atoms with E-state index < -0.39 is 0 Å². The van der Waals surface area contributed by atoms with E-state index in [0.717, 1.165) is 38.0 Å². The summed E-state index contributed by atoms with van der Waals surface area (Å²) in [5.74, 6) is 0.541. The summed E-state index contributed by atoms with van der Waals surface area (Å²) in [6, 6.07) is 8.12. The molecule has 0 unspecified atom stereocenters. The zero-order chi connectivity index (χ0) is 15.9. The van der Waals surface area contributed by atoms with Crippen molar-refractivity contribution in [3.05, 3.63) is 40.9 Å². The molecule has 120 valence electrons. The fraction of sp³-hybridized carbons (Fsp3) is 0.500. The van der Waals surface area contributed by atoms with Gasteiger partial charge in [0.15, 0.2) is 0 Å². The second kappa shape index (κ2) is 8.35. The lowest BCUT2D eigenvalue weighted by Crippen LogP contribution is -2.41. The van der Waals surface area contributed by atoms with Crippen LogP contribution in [0.25, 0.3) is 6.08 Å². The fourth-order valence-corrected chi connectivity index (χ4v) is 2.95. The highest BCUT2D eigenvalue weighted by atomic mass is 35.5. The minimum absolute atomic E-state index is 0.0498. The summed E-state index contributed by atoms with van der Waals surface area (Å²) >= 11 is 6.06. The normalized spacial score (nSPS) is 17.3. The quantitative estimate of drug-likeness (QED) is 0.841. The molecule has 1 heterocycles. The SMILES string of the molecule is CC(C)N1CCC(CNC(=O)/C=C/c2ccccc2Cl)CC1. The monoisotopic (exact) mass is 320 g/mol. The standard InChI is InChI=1S/C18H25ClN2O/c1-14(2)21-11-9-15(10-12-21)13-20-18(22)8-7-16-5-3-4-6-17(16)19/h3-8,14-15H,9-13H2,1-2H3,(H,20,22)/b8-7+. The Hall–Kier alpha value is -1.32. The molecule has 1 saturated heterocycles. The maximum atomic E-state index is 11.9. The Labute approximate surface area is 138 Å². The molecule has 0 spiro atoms. The average molecular weight is 321 g/mol. The van der Waals surface area contributed by atoms with Crippen LogP contribution in [0.4, 0.5) is 0 Å². The summed E-state index contributed by atoms with van der Waals surface area (Å²) in [7, 11) is 0. The summed E-state index contributed by atoms with van der Waals surface area (Å²) in [6.07, 6.45) is 5.64. The van der Waals surface area contributed by atoms with E-state index in [-0.39, 0.29) is 5.91 Å². The molecule has 1 aliphatic rings. The zero-order valence-corrected chi connectivity index (χ0v) is 14.1. The van der Waals surface area contributed by atoms with E-state index in [2.05, 4.69) is 24.1 Å². The van der Waals surface area contributed by atoms with Gasteiger partial charge in [0.05, 0.1) is 0 Å². The van der Waals surface area contributed by atoms with Crippen molar-refractivity contribution in [2.75, 3.05) is 19.6 Å². The van der Waals surface area contributed by atoms with Crippen molar-refractivity contribution in [2.24, 2.45) is 5.92 Å². The summed E-state index contributed by atoms with van der Waals surface area (Å²) in [5, 5.41) is 3.66. The fourth-order valence-electron chi connectivity index (χ4n) is 2.75. The van der Waals surface area contributed by atoms with Gasteiger partial charge in [0.25, 0.3) is 0 Å². The number of nitrogens with zero attached hydrogens (tertiary/aromatic N) is 1.